The highest BCUT2D eigenvalue weighted by Gasteiger charge is 2.12. The van der Waals surface area contributed by atoms with Gasteiger partial charge in [0.15, 0.2) is 0 Å². The average Bonchev–Trinajstić information content (AvgIpc) is 2.92. The van der Waals surface area contributed by atoms with Crippen LogP contribution in [0, 0.1) is 0 Å². The third-order valence-electron chi connectivity index (χ3n) is 3.60. The number of benzene rings is 1. The Bertz CT molecular complexity index is 608. The molecule has 0 amide bonds. The Morgan fingerprint density at radius 1 is 1.29 bits per heavy atom. The average molecular weight is 305 g/mol. The summed E-state index contributed by atoms with van der Waals surface area (Å²) in [6.07, 6.45) is 1.77. The summed E-state index contributed by atoms with van der Waals surface area (Å²) in [5, 5.41) is 5.27. The smallest absolute Gasteiger partial charge is 0.327 e. The second-order valence-electron chi connectivity index (χ2n) is 5.04. The standard InChI is InChI=1S/C15H19N3O2S/c19-15(20-8-5-17-6-9-21-10-7-17)12-18-14-4-2-1-3-13(14)11-16-18/h1-4,11H,5-10,12H2. The van der Waals surface area contributed by atoms with Crippen LogP contribution < -0.4 is 0 Å². The number of nitrogens with zero attached hydrogens (tertiary/aromatic N) is 3. The van der Waals surface area contributed by atoms with Crippen LogP contribution in [0.4, 0.5) is 0 Å². The lowest BCUT2D eigenvalue weighted by molar-refractivity contribution is -0.144. The van der Waals surface area contributed by atoms with E-state index in [9.17, 15) is 4.79 Å². The topological polar surface area (TPSA) is 47.4 Å². The monoisotopic (exact) mass is 305 g/mol. The summed E-state index contributed by atoms with van der Waals surface area (Å²) in [7, 11) is 0. The Morgan fingerprint density at radius 2 is 2.10 bits per heavy atom. The predicted octanol–water partition coefficient (Wildman–Crippen LogP) is 1.63. The van der Waals surface area contributed by atoms with Crippen LogP contribution in [-0.4, -0.2) is 58.4 Å². The number of aromatic nitrogens is 2. The number of para-hydroxylation sites is 1. The van der Waals surface area contributed by atoms with Gasteiger partial charge in [-0.3, -0.25) is 14.4 Å². The molecule has 112 valence electrons. The van der Waals surface area contributed by atoms with Gasteiger partial charge >= 0.3 is 5.97 Å². The summed E-state index contributed by atoms with van der Waals surface area (Å²) in [6, 6.07) is 7.85. The van der Waals surface area contributed by atoms with Crippen LogP contribution in [0.5, 0.6) is 0 Å². The van der Waals surface area contributed by atoms with E-state index in [4.69, 9.17) is 4.74 Å². The van der Waals surface area contributed by atoms with Crippen LogP contribution in [0.25, 0.3) is 10.9 Å². The van der Waals surface area contributed by atoms with E-state index in [1.807, 2.05) is 36.0 Å². The van der Waals surface area contributed by atoms with Crippen molar-refractivity contribution in [2.24, 2.45) is 0 Å². The third kappa shape index (κ3) is 3.77. The van der Waals surface area contributed by atoms with E-state index >= 15 is 0 Å². The Morgan fingerprint density at radius 3 is 2.95 bits per heavy atom. The van der Waals surface area contributed by atoms with Crippen molar-refractivity contribution >= 4 is 28.6 Å². The molecule has 0 bridgehead atoms. The van der Waals surface area contributed by atoms with Crippen molar-refractivity contribution in [2.75, 3.05) is 37.7 Å². The molecule has 6 heteroatoms. The first-order valence-corrected chi connectivity index (χ1v) is 8.35. The first kappa shape index (κ1) is 14.4. The van der Waals surface area contributed by atoms with E-state index in [0.29, 0.717) is 6.61 Å². The van der Waals surface area contributed by atoms with E-state index in [0.717, 1.165) is 30.5 Å². The normalized spacial score (nSPS) is 16.2. The molecule has 0 saturated carbocycles. The number of hydrogen-bond donors (Lipinski definition) is 0. The maximum atomic E-state index is 11.9. The highest BCUT2D eigenvalue weighted by molar-refractivity contribution is 7.99. The van der Waals surface area contributed by atoms with Crippen LogP contribution in [0.2, 0.25) is 0 Å². The van der Waals surface area contributed by atoms with E-state index in [-0.39, 0.29) is 12.5 Å². The predicted molar refractivity (Wildman–Crippen MR) is 84.5 cm³/mol. The zero-order chi connectivity index (χ0) is 14.5. The molecular formula is C15H19N3O2S. The molecule has 2 aromatic rings. The number of ether oxygens (including phenoxy) is 1. The molecule has 3 rings (SSSR count). The van der Waals surface area contributed by atoms with Gasteiger partial charge in [-0.25, -0.2) is 0 Å². The first-order valence-electron chi connectivity index (χ1n) is 7.19. The molecule has 0 aliphatic carbocycles. The van der Waals surface area contributed by atoms with E-state index in [1.54, 1.807) is 10.9 Å². The number of hydrogen-bond acceptors (Lipinski definition) is 5. The maximum Gasteiger partial charge on any atom is 0.327 e. The van der Waals surface area contributed by atoms with Gasteiger partial charge in [0.25, 0.3) is 0 Å². The van der Waals surface area contributed by atoms with Crippen molar-refractivity contribution in [3.8, 4) is 0 Å². The summed E-state index contributed by atoms with van der Waals surface area (Å²) in [6.45, 7) is 3.64. The molecule has 1 aliphatic heterocycles. The van der Waals surface area contributed by atoms with Gasteiger partial charge in [0.1, 0.15) is 13.2 Å². The molecule has 0 unspecified atom stereocenters. The van der Waals surface area contributed by atoms with Gasteiger partial charge in [-0.1, -0.05) is 18.2 Å². The van der Waals surface area contributed by atoms with Gasteiger partial charge < -0.3 is 4.74 Å². The lowest BCUT2D eigenvalue weighted by atomic mass is 10.3. The summed E-state index contributed by atoms with van der Waals surface area (Å²) in [4.78, 5) is 14.2. The van der Waals surface area contributed by atoms with Crippen molar-refractivity contribution in [2.45, 2.75) is 6.54 Å². The highest BCUT2D eigenvalue weighted by atomic mass is 32.2. The Labute approximate surface area is 128 Å². The second kappa shape index (κ2) is 6.95. The molecular weight excluding hydrogens is 286 g/mol. The van der Waals surface area contributed by atoms with Crippen LogP contribution in [0.3, 0.4) is 0 Å². The van der Waals surface area contributed by atoms with Crippen LogP contribution >= 0.6 is 11.8 Å². The van der Waals surface area contributed by atoms with Gasteiger partial charge in [0.05, 0.1) is 11.7 Å². The quantitative estimate of drug-likeness (QED) is 0.786. The van der Waals surface area contributed by atoms with E-state index in [1.165, 1.54) is 11.5 Å². The van der Waals surface area contributed by atoms with Gasteiger partial charge in [0, 0.05) is 36.5 Å². The summed E-state index contributed by atoms with van der Waals surface area (Å²) in [5.41, 5.74) is 0.961. The molecule has 1 aliphatic rings. The number of carbonyl (C=O) groups excluding carboxylic acids is 1. The minimum Gasteiger partial charge on any atom is -0.463 e. The lowest BCUT2D eigenvalue weighted by Gasteiger charge is -2.25. The largest absolute Gasteiger partial charge is 0.463 e. The molecule has 0 spiro atoms. The number of fused-ring (bicyclic) bond motifs is 1. The third-order valence-corrected chi connectivity index (χ3v) is 4.55. The Hall–Kier alpha value is -1.53. The minimum atomic E-state index is -0.227. The zero-order valence-electron chi connectivity index (χ0n) is 11.9. The Kier molecular flexibility index (Phi) is 4.77. The fraction of sp³-hybridized carbons (Fsp3) is 0.467. The van der Waals surface area contributed by atoms with Crippen LogP contribution in [0.15, 0.2) is 30.5 Å². The highest BCUT2D eigenvalue weighted by Crippen LogP contribution is 2.12. The summed E-state index contributed by atoms with van der Waals surface area (Å²) >= 11 is 1.98. The molecule has 0 radical (unpaired) electrons. The SMILES string of the molecule is O=C(Cn1ncc2ccccc21)OCCN1CCSCC1. The molecule has 0 atom stereocenters. The van der Waals surface area contributed by atoms with Gasteiger partial charge in [0.2, 0.25) is 0 Å². The van der Waals surface area contributed by atoms with Gasteiger partial charge in [-0.05, 0) is 6.07 Å². The molecule has 1 aromatic carbocycles. The minimum absolute atomic E-state index is 0.170. The van der Waals surface area contributed by atoms with Crippen molar-refractivity contribution in [3.63, 3.8) is 0 Å². The number of esters is 1. The molecule has 1 saturated heterocycles. The first-order chi connectivity index (χ1) is 10.3. The maximum absolute atomic E-state index is 11.9. The van der Waals surface area contributed by atoms with E-state index in [2.05, 4.69) is 10.00 Å². The van der Waals surface area contributed by atoms with Crippen molar-refractivity contribution in [3.05, 3.63) is 30.5 Å². The van der Waals surface area contributed by atoms with Crippen LogP contribution in [-0.2, 0) is 16.1 Å². The fourth-order valence-electron chi connectivity index (χ4n) is 2.43. The van der Waals surface area contributed by atoms with Gasteiger partial charge in [-0.15, -0.1) is 0 Å². The zero-order valence-corrected chi connectivity index (χ0v) is 12.7. The summed E-state index contributed by atoms with van der Waals surface area (Å²) in [5.74, 6) is 2.12. The van der Waals surface area contributed by atoms with E-state index < -0.39 is 0 Å². The molecule has 1 aromatic heterocycles. The molecule has 0 N–H and O–H groups in total. The molecule has 1 fully saturated rings. The number of carbonyl (C=O) groups is 1. The molecule has 5 nitrogen and oxygen atoms in total. The number of rotatable bonds is 5. The second-order valence-corrected chi connectivity index (χ2v) is 6.26. The van der Waals surface area contributed by atoms with Gasteiger partial charge in [-0.2, -0.15) is 16.9 Å². The molecule has 2 heterocycles. The fourth-order valence-corrected chi connectivity index (χ4v) is 3.41. The van der Waals surface area contributed by atoms with Crippen LogP contribution in [0.1, 0.15) is 0 Å². The van der Waals surface area contributed by atoms with Crippen molar-refractivity contribution in [1.29, 1.82) is 0 Å². The van der Waals surface area contributed by atoms with Crippen molar-refractivity contribution < 1.29 is 9.53 Å². The lowest BCUT2D eigenvalue weighted by Crippen LogP contribution is -2.35. The Balaban J connectivity index is 1.47. The van der Waals surface area contributed by atoms with Crippen molar-refractivity contribution in [1.82, 2.24) is 14.7 Å². The summed E-state index contributed by atoms with van der Waals surface area (Å²) < 4.78 is 7.01. The number of thioether (sulfide) groups is 1. The molecule has 21 heavy (non-hydrogen) atoms.